The second-order valence-electron chi connectivity index (χ2n) is 13.0. The van der Waals surface area contributed by atoms with Crippen LogP contribution >= 0.6 is 11.6 Å². The average Bonchev–Trinajstić information content (AvgIpc) is 3.80. The molecule has 5 heterocycles. The van der Waals surface area contributed by atoms with Crippen LogP contribution < -0.4 is 15.8 Å². The van der Waals surface area contributed by atoms with E-state index in [9.17, 15) is 45.8 Å². The number of hydrogen-bond acceptors (Lipinski definition) is 10. The van der Waals surface area contributed by atoms with Gasteiger partial charge < -0.3 is 29.5 Å². The molecule has 2 amide bonds. The van der Waals surface area contributed by atoms with Gasteiger partial charge in [-0.1, -0.05) is 30.7 Å². The third kappa shape index (κ3) is 7.09. The van der Waals surface area contributed by atoms with Crippen molar-refractivity contribution in [2.75, 3.05) is 36.4 Å². The maximum atomic E-state index is 14.3. The average molecular weight is 806 g/mol. The smallest absolute Gasteiger partial charge is 0.418 e. The fraction of sp³-hybridized carbons (Fsp3) is 0.343. The number of ether oxygens (including phenoxy) is 1. The molecule has 2 aliphatic heterocycles. The summed E-state index contributed by atoms with van der Waals surface area (Å²) >= 11 is 6.10. The molecule has 0 radical (unpaired) electrons. The van der Waals surface area contributed by atoms with Gasteiger partial charge in [-0.25, -0.2) is 9.97 Å². The van der Waals surface area contributed by atoms with E-state index >= 15 is 0 Å². The first kappa shape index (κ1) is 38.5. The first-order valence-electron chi connectivity index (χ1n) is 17.0. The number of nitrogens with zero attached hydrogens (tertiary/aromatic N) is 8. The van der Waals surface area contributed by atoms with Gasteiger partial charge in [-0.05, 0) is 48.7 Å². The highest BCUT2D eigenvalue weighted by molar-refractivity contribution is 6.33. The van der Waals surface area contributed by atoms with Crippen LogP contribution in [-0.2, 0) is 35.3 Å². The lowest BCUT2D eigenvalue weighted by molar-refractivity contribution is -0.219. The number of aromatic hydroxyl groups is 1. The minimum Gasteiger partial charge on any atom is -0.504 e. The molecular formula is C35H30ClF6N9O5. The van der Waals surface area contributed by atoms with E-state index in [1.165, 1.54) is 34.6 Å². The van der Waals surface area contributed by atoms with Crippen molar-refractivity contribution in [3.8, 4) is 17.1 Å². The number of amides is 2. The molecule has 56 heavy (non-hydrogen) atoms. The van der Waals surface area contributed by atoms with Gasteiger partial charge in [0, 0.05) is 31.7 Å². The number of anilines is 2. The van der Waals surface area contributed by atoms with Crippen molar-refractivity contribution >= 4 is 40.6 Å². The summed E-state index contributed by atoms with van der Waals surface area (Å²) in [5.41, 5.74) is -1.06. The van der Waals surface area contributed by atoms with E-state index < -0.39 is 47.9 Å². The van der Waals surface area contributed by atoms with Gasteiger partial charge in [-0.15, -0.1) is 5.10 Å². The molecular weight excluding hydrogens is 776 g/mol. The summed E-state index contributed by atoms with van der Waals surface area (Å²) in [6, 6.07) is 6.58. The SMILES string of the molecule is CCc1c(N2CCN(C(=O)c3ncnc(C)c3O)CC2)c(=O)n2nc(-c3ccc4c(c3)[C@H](C(F)(F)F)OC4)nc2n1CC(=O)Nc1ccc(C(F)(F)F)cc1Cl. The molecule has 3 aromatic heterocycles. The molecule has 14 nitrogen and oxygen atoms in total. The number of carbonyl (C=O) groups is 2. The fourth-order valence-electron chi connectivity index (χ4n) is 6.73. The molecule has 0 spiro atoms. The van der Waals surface area contributed by atoms with E-state index in [0.29, 0.717) is 17.3 Å². The Morgan fingerprint density at radius 3 is 2.43 bits per heavy atom. The molecule has 1 fully saturated rings. The summed E-state index contributed by atoms with van der Waals surface area (Å²) < 4.78 is 88.4. The highest BCUT2D eigenvalue weighted by atomic mass is 35.5. The normalized spacial score (nSPS) is 16.1. The summed E-state index contributed by atoms with van der Waals surface area (Å²) in [7, 11) is 0. The zero-order chi connectivity index (χ0) is 40.3. The van der Waals surface area contributed by atoms with Crippen LogP contribution in [0.5, 0.6) is 5.75 Å². The summed E-state index contributed by atoms with van der Waals surface area (Å²) in [5, 5.41) is 16.9. The molecule has 1 saturated heterocycles. The van der Waals surface area contributed by atoms with Crippen LogP contribution in [0.25, 0.3) is 17.2 Å². The van der Waals surface area contributed by atoms with Crippen molar-refractivity contribution in [2.45, 2.75) is 51.9 Å². The van der Waals surface area contributed by atoms with Gasteiger partial charge in [-0.2, -0.15) is 35.8 Å². The highest BCUT2D eigenvalue weighted by Crippen LogP contribution is 2.43. The Bertz CT molecular complexity index is 2440. The van der Waals surface area contributed by atoms with Gasteiger partial charge in [0.25, 0.3) is 11.5 Å². The topological polar surface area (TPSA) is 160 Å². The van der Waals surface area contributed by atoms with E-state index in [4.69, 9.17) is 16.3 Å². The predicted molar refractivity (Wildman–Crippen MR) is 187 cm³/mol. The molecule has 0 saturated carbocycles. The van der Waals surface area contributed by atoms with Crippen molar-refractivity contribution < 1.29 is 45.8 Å². The van der Waals surface area contributed by atoms with Gasteiger partial charge in [-0.3, -0.25) is 14.4 Å². The number of halogens is 7. The molecule has 2 aromatic carbocycles. The maximum Gasteiger partial charge on any atom is 0.418 e. The molecule has 0 unspecified atom stereocenters. The summed E-state index contributed by atoms with van der Waals surface area (Å²) in [6.45, 7) is 2.84. The second kappa shape index (κ2) is 14.4. The molecule has 2 aliphatic rings. The van der Waals surface area contributed by atoms with E-state index in [0.717, 1.165) is 23.0 Å². The molecule has 21 heteroatoms. The lowest BCUT2D eigenvalue weighted by Crippen LogP contribution is -2.51. The van der Waals surface area contributed by atoms with Crippen molar-refractivity contribution in [1.29, 1.82) is 0 Å². The molecule has 2 N–H and O–H groups in total. The fourth-order valence-corrected chi connectivity index (χ4v) is 6.96. The number of fused-ring (bicyclic) bond motifs is 2. The maximum absolute atomic E-state index is 14.3. The van der Waals surface area contributed by atoms with Crippen molar-refractivity contribution in [3.05, 3.63) is 91.9 Å². The van der Waals surface area contributed by atoms with Gasteiger partial charge in [0.1, 0.15) is 18.6 Å². The van der Waals surface area contributed by atoms with E-state index in [1.54, 1.807) is 11.8 Å². The molecule has 7 rings (SSSR count). The Labute approximate surface area is 317 Å². The van der Waals surface area contributed by atoms with Gasteiger partial charge in [0.15, 0.2) is 23.4 Å². The van der Waals surface area contributed by atoms with Crippen LogP contribution in [0, 0.1) is 6.92 Å². The van der Waals surface area contributed by atoms with Gasteiger partial charge in [0.05, 0.1) is 34.3 Å². The molecule has 5 aromatic rings. The van der Waals surface area contributed by atoms with Crippen molar-refractivity contribution in [3.63, 3.8) is 0 Å². The lowest BCUT2D eigenvalue weighted by Gasteiger charge is -2.36. The molecule has 1 atom stereocenters. The summed E-state index contributed by atoms with van der Waals surface area (Å²) in [5.74, 6) is -1.95. The third-order valence-electron chi connectivity index (χ3n) is 9.51. The number of carbonyl (C=O) groups excluding carboxylic acids is 2. The van der Waals surface area contributed by atoms with Crippen molar-refractivity contribution in [1.82, 2.24) is 34.0 Å². The van der Waals surface area contributed by atoms with Gasteiger partial charge in [0.2, 0.25) is 11.7 Å². The molecule has 0 bridgehead atoms. The third-order valence-corrected chi connectivity index (χ3v) is 9.83. The molecule has 0 aliphatic carbocycles. The Morgan fingerprint density at radius 1 is 1.04 bits per heavy atom. The largest absolute Gasteiger partial charge is 0.504 e. The first-order valence-corrected chi connectivity index (χ1v) is 17.4. The van der Waals surface area contributed by atoms with Gasteiger partial charge >= 0.3 is 12.4 Å². The predicted octanol–water partition coefficient (Wildman–Crippen LogP) is 5.33. The van der Waals surface area contributed by atoms with Crippen LogP contribution in [0.15, 0.2) is 47.5 Å². The van der Waals surface area contributed by atoms with Crippen LogP contribution in [0.2, 0.25) is 5.02 Å². The standard InChI is InChI=1S/C35H30ClF6N9O5/c1-3-24-27(48-8-10-49(11-9-48)31(54)26-28(53)17(2)43-16-44-26)32(55)51-33(50(24)14-25(52)45-23-7-6-20(13-22(23)36)34(37,38)39)46-30(47-51)18-4-5-19-15-56-29(21(19)12-18)35(40,41)42/h4-7,12-13,16,29,53H,3,8-11,14-15H2,1-2H3,(H,45,52)/t29-/m1/s1. The number of benzene rings is 2. The number of aromatic nitrogens is 6. The quantitative estimate of drug-likeness (QED) is 0.206. The minimum atomic E-state index is -4.70. The van der Waals surface area contributed by atoms with Crippen LogP contribution in [0.1, 0.15) is 51.6 Å². The zero-order valence-electron chi connectivity index (χ0n) is 29.4. The number of nitrogens with one attached hydrogen (secondary N) is 1. The van der Waals surface area contributed by atoms with Crippen LogP contribution in [0.3, 0.4) is 0 Å². The first-order chi connectivity index (χ1) is 26.5. The van der Waals surface area contributed by atoms with E-state index in [-0.39, 0.29) is 95.5 Å². The summed E-state index contributed by atoms with van der Waals surface area (Å²) in [4.78, 5) is 56.6. The second-order valence-corrected chi connectivity index (χ2v) is 13.4. The number of aryl methyl sites for hydroxylation is 1. The van der Waals surface area contributed by atoms with E-state index in [1.807, 2.05) is 0 Å². The minimum absolute atomic E-state index is 0.0923. The monoisotopic (exact) mass is 805 g/mol. The van der Waals surface area contributed by atoms with E-state index in [2.05, 4.69) is 25.4 Å². The number of hydrogen-bond donors (Lipinski definition) is 2. The Balaban J connectivity index is 1.27. The lowest BCUT2D eigenvalue weighted by atomic mass is 10.0. The van der Waals surface area contributed by atoms with Crippen molar-refractivity contribution in [2.24, 2.45) is 0 Å². The number of piperazine rings is 1. The molecule has 294 valence electrons. The Hall–Kier alpha value is -5.76. The highest BCUT2D eigenvalue weighted by Gasteiger charge is 2.46. The number of rotatable bonds is 7. The van der Waals surface area contributed by atoms with Crippen LogP contribution in [0.4, 0.5) is 37.7 Å². The zero-order valence-corrected chi connectivity index (χ0v) is 30.1. The van der Waals surface area contributed by atoms with Crippen LogP contribution in [-0.4, -0.2) is 83.3 Å². The Morgan fingerprint density at radius 2 is 1.77 bits per heavy atom. The summed E-state index contributed by atoms with van der Waals surface area (Å²) in [6.07, 6.45) is -10.3. The number of alkyl halides is 6. The Kier molecular flexibility index (Phi) is 9.90.